The minimum absolute atomic E-state index is 0.0808. The summed E-state index contributed by atoms with van der Waals surface area (Å²) in [5.41, 5.74) is 0.908. The number of benzene rings is 1. The first kappa shape index (κ1) is 17.2. The normalized spacial score (nSPS) is 12.0. The summed E-state index contributed by atoms with van der Waals surface area (Å²) in [5, 5.41) is 13.2. The van der Waals surface area contributed by atoms with Crippen LogP contribution in [0.5, 0.6) is 5.75 Å². The van der Waals surface area contributed by atoms with Crippen molar-refractivity contribution in [1.82, 2.24) is 10.3 Å². The molecule has 23 heavy (non-hydrogen) atoms. The summed E-state index contributed by atoms with van der Waals surface area (Å²) in [6.45, 7) is 3.97. The summed E-state index contributed by atoms with van der Waals surface area (Å²) in [6, 6.07) is 10.2. The van der Waals surface area contributed by atoms with E-state index in [-0.39, 0.29) is 24.2 Å². The van der Waals surface area contributed by atoms with Crippen LogP contribution in [0, 0.1) is 0 Å². The van der Waals surface area contributed by atoms with Gasteiger partial charge in [0.25, 0.3) is 5.91 Å². The minimum atomic E-state index is -0.814. The average molecular weight is 335 g/mol. The lowest BCUT2D eigenvalue weighted by Gasteiger charge is -2.14. The standard InChI is InChI=1S/C17H19ClN2O3/c1-11(2)23-14-5-3-12(4-6-14)16(21)10-20-17(22)15-9-13(18)7-8-19-15/h3-9,11,16,21H,10H2,1-2H3,(H,20,22). The fourth-order valence-electron chi connectivity index (χ4n) is 1.97. The largest absolute Gasteiger partial charge is 0.491 e. The molecule has 2 N–H and O–H groups in total. The van der Waals surface area contributed by atoms with E-state index in [1.165, 1.54) is 12.3 Å². The summed E-state index contributed by atoms with van der Waals surface area (Å²) in [4.78, 5) is 15.9. The second-order valence-corrected chi connectivity index (χ2v) is 5.76. The van der Waals surface area contributed by atoms with Gasteiger partial charge in [-0.05, 0) is 43.7 Å². The zero-order chi connectivity index (χ0) is 16.8. The predicted molar refractivity (Wildman–Crippen MR) is 88.7 cm³/mol. The van der Waals surface area contributed by atoms with Crippen LogP contribution < -0.4 is 10.1 Å². The van der Waals surface area contributed by atoms with Crippen molar-refractivity contribution in [2.24, 2.45) is 0 Å². The highest BCUT2D eigenvalue weighted by molar-refractivity contribution is 6.30. The lowest BCUT2D eigenvalue weighted by molar-refractivity contribution is 0.0911. The minimum Gasteiger partial charge on any atom is -0.491 e. The molecule has 1 heterocycles. The Morgan fingerprint density at radius 3 is 2.61 bits per heavy atom. The van der Waals surface area contributed by atoms with E-state index in [9.17, 15) is 9.90 Å². The van der Waals surface area contributed by atoms with Crippen LogP contribution in [0.1, 0.15) is 36.0 Å². The van der Waals surface area contributed by atoms with Crippen molar-refractivity contribution in [2.75, 3.05) is 6.54 Å². The van der Waals surface area contributed by atoms with E-state index in [1.54, 1.807) is 30.3 Å². The number of ether oxygens (including phenoxy) is 1. The van der Waals surface area contributed by atoms with Crippen molar-refractivity contribution in [3.8, 4) is 5.75 Å². The van der Waals surface area contributed by atoms with Gasteiger partial charge in [0.15, 0.2) is 0 Å². The second kappa shape index (κ2) is 7.94. The van der Waals surface area contributed by atoms with E-state index >= 15 is 0 Å². The number of nitrogens with zero attached hydrogens (tertiary/aromatic N) is 1. The Morgan fingerprint density at radius 1 is 1.30 bits per heavy atom. The molecule has 0 saturated carbocycles. The second-order valence-electron chi connectivity index (χ2n) is 5.32. The molecule has 0 bridgehead atoms. The van der Waals surface area contributed by atoms with Gasteiger partial charge in [0.1, 0.15) is 11.4 Å². The van der Waals surface area contributed by atoms with Gasteiger partial charge in [-0.3, -0.25) is 9.78 Å². The summed E-state index contributed by atoms with van der Waals surface area (Å²) < 4.78 is 5.54. The quantitative estimate of drug-likeness (QED) is 0.852. The Bertz CT molecular complexity index is 659. The fourth-order valence-corrected chi connectivity index (χ4v) is 2.13. The lowest BCUT2D eigenvalue weighted by Crippen LogP contribution is -2.29. The predicted octanol–water partition coefficient (Wildman–Crippen LogP) is 2.99. The van der Waals surface area contributed by atoms with Crippen LogP contribution in [0.3, 0.4) is 0 Å². The molecule has 2 aromatic rings. The van der Waals surface area contributed by atoms with Crippen molar-refractivity contribution in [2.45, 2.75) is 26.1 Å². The van der Waals surface area contributed by atoms with Crippen LogP contribution >= 0.6 is 11.6 Å². The van der Waals surface area contributed by atoms with Crippen molar-refractivity contribution in [3.63, 3.8) is 0 Å². The fraction of sp³-hybridized carbons (Fsp3) is 0.294. The van der Waals surface area contributed by atoms with Gasteiger partial charge < -0.3 is 15.2 Å². The van der Waals surface area contributed by atoms with E-state index in [2.05, 4.69) is 10.3 Å². The molecule has 2 rings (SSSR count). The molecule has 0 saturated heterocycles. The molecule has 122 valence electrons. The number of carbonyl (C=O) groups is 1. The maximum absolute atomic E-state index is 11.9. The van der Waals surface area contributed by atoms with E-state index < -0.39 is 6.10 Å². The van der Waals surface area contributed by atoms with Crippen molar-refractivity contribution in [1.29, 1.82) is 0 Å². The van der Waals surface area contributed by atoms with Gasteiger partial charge in [0.2, 0.25) is 0 Å². The molecular formula is C17H19ClN2O3. The number of aromatic nitrogens is 1. The Hall–Kier alpha value is -2.11. The highest BCUT2D eigenvalue weighted by atomic mass is 35.5. The number of halogens is 1. The third-order valence-electron chi connectivity index (χ3n) is 3.05. The smallest absolute Gasteiger partial charge is 0.270 e. The molecule has 1 atom stereocenters. The maximum atomic E-state index is 11.9. The molecule has 1 amide bonds. The Morgan fingerprint density at radius 2 is 2.00 bits per heavy atom. The zero-order valence-electron chi connectivity index (χ0n) is 13.0. The molecule has 0 aliphatic heterocycles. The van der Waals surface area contributed by atoms with Crippen LogP contribution in [0.25, 0.3) is 0 Å². The number of aliphatic hydroxyl groups is 1. The maximum Gasteiger partial charge on any atom is 0.270 e. The highest BCUT2D eigenvalue weighted by Gasteiger charge is 2.12. The molecule has 0 radical (unpaired) electrons. The van der Waals surface area contributed by atoms with Gasteiger partial charge >= 0.3 is 0 Å². The number of pyridine rings is 1. The van der Waals surface area contributed by atoms with Crippen LogP contribution in [0.4, 0.5) is 0 Å². The third-order valence-corrected chi connectivity index (χ3v) is 3.28. The SMILES string of the molecule is CC(C)Oc1ccc(C(O)CNC(=O)c2cc(Cl)ccn2)cc1. The van der Waals surface area contributed by atoms with E-state index in [4.69, 9.17) is 16.3 Å². The highest BCUT2D eigenvalue weighted by Crippen LogP contribution is 2.18. The first-order chi connectivity index (χ1) is 11.0. The Balaban J connectivity index is 1.91. The zero-order valence-corrected chi connectivity index (χ0v) is 13.7. The number of hydrogen-bond acceptors (Lipinski definition) is 4. The molecular weight excluding hydrogens is 316 g/mol. The van der Waals surface area contributed by atoms with Gasteiger partial charge in [0, 0.05) is 17.8 Å². The number of rotatable bonds is 6. The topological polar surface area (TPSA) is 71.5 Å². The number of carbonyl (C=O) groups excluding carboxylic acids is 1. The van der Waals surface area contributed by atoms with Crippen LogP contribution in [0.2, 0.25) is 5.02 Å². The van der Waals surface area contributed by atoms with Crippen molar-refractivity contribution >= 4 is 17.5 Å². The summed E-state index contributed by atoms with van der Waals surface area (Å²) in [5.74, 6) is 0.356. The summed E-state index contributed by atoms with van der Waals surface area (Å²) >= 11 is 5.82. The first-order valence-corrected chi connectivity index (χ1v) is 7.68. The molecule has 0 fully saturated rings. The monoisotopic (exact) mass is 334 g/mol. The molecule has 0 aliphatic rings. The number of nitrogens with one attached hydrogen (secondary N) is 1. The van der Waals surface area contributed by atoms with Crippen LogP contribution in [-0.4, -0.2) is 28.6 Å². The molecule has 1 aromatic carbocycles. The van der Waals surface area contributed by atoms with Crippen LogP contribution in [-0.2, 0) is 0 Å². The van der Waals surface area contributed by atoms with Crippen molar-refractivity contribution in [3.05, 3.63) is 58.9 Å². The van der Waals surface area contributed by atoms with Gasteiger partial charge in [-0.2, -0.15) is 0 Å². The lowest BCUT2D eigenvalue weighted by atomic mass is 10.1. The number of hydrogen-bond donors (Lipinski definition) is 2. The number of aliphatic hydroxyl groups excluding tert-OH is 1. The van der Waals surface area contributed by atoms with E-state index in [0.717, 1.165) is 5.75 Å². The van der Waals surface area contributed by atoms with Gasteiger partial charge in [-0.1, -0.05) is 23.7 Å². The molecule has 6 heteroatoms. The molecule has 0 spiro atoms. The number of amides is 1. The Labute approximate surface area is 140 Å². The first-order valence-electron chi connectivity index (χ1n) is 7.30. The molecule has 0 aliphatic carbocycles. The molecule has 5 nitrogen and oxygen atoms in total. The van der Waals surface area contributed by atoms with Gasteiger partial charge in [0.05, 0.1) is 12.2 Å². The summed E-state index contributed by atoms with van der Waals surface area (Å²) in [7, 11) is 0. The van der Waals surface area contributed by atoms with Crippen LogP contribution in [0.15, 0.2) is 42.6 Å². The third kappa shape index (κ3) is 5.23. The molecule has 1 unspecified atom stereocenters. The van der Waals surface area contributed by atoms with E-state index in [0.29, 0.717) is 10.6 Å². The average Bonchev–Trinajstić information content (AvgIpc) is 2.52. The molecule has 1 aromatic heterocycles. The van der Waals surface area contributed by atoms with Gasteiger partial charge in [-0.25, -0.2) is 0 Å². The summed E-state index contributed by atoms with van der Waals surface area (Å²) in [6.07, 6.45) is 0.739. The Kier molecular flexibility index (Phi) is 5.96. The van der Waals surface area contributed by atoms with Crippen molar-refractivity contribution < 1.29 is 14.6 Å². The van der Waals surface area contributed by atoms with Gasteiger partial charge in [-0.15, -0.1) is 0 Å². The van der Waals surface area contributed by atoms with E-state index in [1.807, 2.05) is 13.8 Å².